The largest absolute Gasteiger partial charge is 0.545 e. The van der Waals surface area contributed by atoms with Gasteiger partial charge in [-0.3, -0.25) is 4.90 Å². The summed E-state index contributed by atoms with van der Waals surface area (Å²) in [6, 6.07) is 16.6. The first-order chi connectivity index (χ1) is 16.0. The van der Waals surface area contributed by atoms with Crippen LogP contribution in [0.25, 0.3) is 11.0 Å². The number of piperazine rings is 1. The number of hydrogen-bond donors (Lipinski definition) is 2. The monoisotopic (exact) mass is 461 g/mol. The molecule has 3 heterocycles. The van der Waals surface area contributed by atoms with Gasteiger partial charge in [0.15, 0.2) is 0 Å². The minimum absolute atomic E-state index is 0.104. The van der Waals surface area contributed by atoms with Gasteiger partial charge in [0, 0.05) is 38.9 Å². The number of para-hydroxylation sites is 1. The number of halogens is 1. The van der Waals surface area contributed by atoms with Crippen LogP contribution in [-0.4, -0.2) is 52.0 Å². The first-order valence-corrected chi connectivity index (χ1v) is 11.1. The van der Waals surface area contributed by atoms with Crippen molar-refractivity contribution in [1.29, 1.82) is 0 Å². The van der Waals surface area contributed by atoms with E-state index in [-0.39, 0.29) is 5.56 Å². The number of carbonyl (C=O) groups excluding carboxylic acids is 1. The van der Waals surface area contributed by atoms with Crippen molar-refractivity contribution in [2.45, 2.75) is 6.54 Å². The van der Waals surface area contributed by atoms with Crippen LogP contribution in [0.5, 0.6) is 0 Å². The van der Waals surface area contributed by atoms with Crippen molar-refractivity contribution in [3.8, 4) is 0 Å². The minimum Gasteiger partial charge on any atom is -0.545 e. The summed E-state index contributed by atoms with van der Waals surface area (Å²) in [7, 11) is 0. The molecule has 1 aliphatic heterocycles. The van der Waals surface area contributed by atoms with Crippen LogP contribution in [0, 0.1) is 0 Å². The number of anilines is 3. The predicted molar refractivity (Wildman–Crippen MR) is 127 cm³/mol. The van der Waals surface area contributed by atoms with E-state index in [1.165, 1.54) is 12.1 Å². The maximum absolute atomic E-state index is 11.1. The van der Waals surface area contributed by atoms with E-state index >= 15 is 0 Å². The van der Waals surface area contributed by atoms with E-state index in [0.29, 0.717) is 22.8 Å². The number of nitrogens with one attached hydrogen (secondary N) is 2. The van der Waals surface area contributed by atoms with E-state index < -0.39 is 5.97 Å². The number of fused-ring (bicyclic) bond motifs is 1. The highest BCUT2D eigenvalue weighted by Gasteiger charge is 2.19. The Balaban J connectivity index is 1.22. The van der Waals surface area contributed by atoms with E-state index in [1.54, 1.807) is 12.3 Å². The number of aromatic amines is 1. The lowest BCUT2D eigenvalue weighted by Crippen LogP contribution is -2.46. The Hall–Kier alpha value is -3.62. The van der Waals surface area contributed by atoms with Crippen LogP contribution in [-0.2, 0) is 6.54 Å². The summed E-state index contributed by atoms with van der Waals surface area (Å²) in [6.45, 7) is 4.56. The third-order valence-electron chi connectivity index (χ3n) is 5.76. The molecular formula is C24H22ClN6O2-. The first-order valence-electron chi connectivity index (χ1n) is 10.7. The van der Waals surface area contributed by atoms with Gasteiger partial charge < -0.3 is 25.1 Å². The second kappa shape index (κ2) is 9.09. The average Bonchev–Trinajstić information content (AvgIpc) is 3.22. The molecule has 8 nitrogen and oxygen atoms in total. The Kier molecular flexibility index (Phi) is 5.85. The number of nitrogens with zero attached hydrogens (tertiary/aromatic N) is 4. The van der Waals surface area contributed by atoms with Crippen LogP contribution in [0.4, 0.5) is 17.5 Å². The summed E-state index contributed by atoms with van der Waals surface area (Å²) in [5, 5.41) is 15.0. The average molecular weight is 462 g/mol. The Morgan fingerprint density at radius 3 is 2.70 bits per heavy atom. The van der Waals surface area contributed by atoms with Gasteiger partial charge in [-0.15, -0.1) is 0 Å². The van der Waals surface area contributed by atoms with E-state index in [9.17, 15) is 9.90 Å². The number of H-pyrrole nitrogens is 1. The molecule has 1 saturated heterocycles. The van der Waals surface area contributed by atoms with E-state index in [4.69, 9.17) is 11.6 Å². The van der Waals surface area contributed by atoms with Crippen molar-refractivity contribution in [2.24, 2.45) is 0 Å². The normalized spacial score (nSPS) is 14.5. The van der Waals surface area contributed by atoms with Gasteiger partial charge in [-0.25, -0.2) is 9.97 Å². The molecule has 0 amide bonds. The van der Waals surface area contributed by atoms with Gasteiger partial charge in [0.05, 0.1) is 27.7 Å². The molecule has 1 fully saturated rings. The van der Waals surface area contributed by atoms with Crippen LogP contribution in [0.3, 0.4) is 0 Å². The number of pyridine rings is 1. The maximum Gasteiger partial charge on any atom is 0.206 e. The Bertz CT molecular complexity index is 1300. The van der Waals surface area contributed by atoms with Crippen molar-refractivity contribution in [1.82, 2.24) is 19.9 Å². The SMILES string of the molecule is O=C([O-])c1ccc2nc(Nc3cc(CN4CCN(c5ccccc5Cl)CC4)ccn3)[nH]c2c1. The number of hydrogen-bond acceptors (Lipinski definition) is 7. The molecule has 0 spiro atoms. The van der Waals surface area contributed by atoms with Gasteiger partial charge in [-0.05, 0) is 47.5 Å². The number of carboxylic acid groups (broad SMARTS) is 1. The summed E-state index contributed by atoms with van der Waals surface area (Å²) in [5.74, 6) is -0.0528. The zero-order valence-electron chi connectivity index (χ0n) is 17.8. The highest BCUT2D eigenvalue weighted by molar-refractivity contribution is 6.33. The smallest absolute Gasteiger partial charge is 0.206 e. The lowest BCUT2D eigenvalue weighted by atomic mass is 10.2. The molecule has 4 aromatic rings. The van der Waals surface area contributed by atoms with E-state index in [1.807, 2.05) is 30.3 Å². The predicted octanol–water partition coefficient (Wildman–Crippen LogP) is 3.04. The summed E-state index contributed by atoms with van der Waals surface area (Å²) < 4.78 is 0. The second-order valence-corrected chi connectivity index (χ2v) is 8.40. The number of rotatable bonds is 6. The van der Waals surface area contributed by atoms with E-state index in [2.05, 4.69) is 36.1 Å². The Morgan fingerprint density at radius 2 is 1.91 bits per heavy atom. The summed E-state index contributed by atoms with van der Waals surface area (Å²) in [4.78, 5) is 27.7. The molecular weight excluding hydrogens is 440 g/mol. The first kappa shape index (κ1) is 21.2. The molecule has 1 aliphatic rings. The molecule has 168 valence electrons. The maximum atomic E-state index is 11.1. The third-order valence-corrected chi connectivity index (χ3v) is 6.08. The van der Waals surface area contributed by atoms with Crippen LogP contribution < -0.4 is 15.3 Å². The molecule has 0 radical (unpaired) electrons. The Labute approximate surface area is 195 Å². The lowest BCUT2D eigenvalue weighted by molar-refractivity contribution is -0.255. The quantitative estimate of drug-likeness (QED) is 0.455. The van der Waals surface area contributed by atoms with Gasteiger partial charge in [0.1, 0.15) is 5.82 Å². The van der Waals surface area contributed by atoms with Gasteiger partial charge in [0.25, 0.3) is 0 Å². The number of carbonyl (C=O) groups is 1. The fourth-order valence-corrected chi connectivity index (χ4v) is 4.33. The zero-order valence-corrected chi connectivity index (χ0v) is 18.5. The molecule has 0 saturated carbocycles. The highest BCUT2D eigenvalue weighted by atomic mass is 35.5. The standard InChI is InChI=1S/C24H23ClN6O2/c25-18-3-1-2-4-21(18)31-11-9-30(10-12-31)15-16-7-8-26-22(13-16)29-24-27-19-6-5-17(23(32)33)14-20(19)28-24/h1-8,13-14H,9-12,15H2,(H,32,33)(H2,26,27,28,29)/p-1. The van der Waals surface area contributed by atoms with E-state index in [0.717, 1.165) is 49.0 Å². The van der Waals surface area contributed by atoms with Crippen LogP contribution in [0.1, 0.15) is 15.9 Å². The molecule has 33 heavy (non-hydrogen) atoms. The summed E-state index contributed by atoms with van der Waals surface area (Å²) in [5.41, 5.74) is 3.62. The fourth-order valence-electron chi connectivity index (χ4n) is 4.07. The van der Waals surface area contributed by atoms with Crippen molar-refractivity contribution in [3.05, 3.63) is 76.9 Å². The molecule has 9 heteroatoms. The van der Waals surface area contributed by atoms with Crippen molar-refractivity contribution < 1.29 is 9.90 Å². The lowest BCUT2D eigenvalue weighted by Gasteiger charge is -2.36. The molecule has 0 unspecified atom stereocenters. The highest BCUT2D eigenvalue weighted by Crippen LogP contribution is 2.26. The number of carboxylic acids is 1. The van der Waals surface area contributed by atoms with Crippen molar-refractivity contribution in [3.63, 3.8) is 0 Å². The number of benzene rings is 2. The molecule has 0 bridgehead atoms. The molecule has 2 aromatic carbocycles. The van der Waals surface area contributed by atoms with Gasteiger partial charge in [-0.2, -0.15) is 0 Å². The van der Waals surface area contributed by atoms with Gasteiger partial charge in [0.2, 0.25) is 5.95 Å². The second-order valence-electron chi connectivity index (χ2n) is 7.99. The number of aromatic carboxylic acids is 1. The van der Waals surface area contributed by atoms with Gasteiger partial charge >= 0.3 is 0 Å². The summed E-state index contributed by atoms with van der Waals surface area (Å²) >= 11 is 6.35. The van der Waals surface area contributed by atoms with Crippen LogP contribution in [0.2, 0.25) is 5.02 Å². The molecule has 2 N–H and O–H groups in total. The number of aromatic nitrogens is 3. The Morgan fingerprint density at radius 1 is 1.09 bits per heavy atom. The van der Waals surface area contributed by atoms with Crippen molar-refractivity contribution in [2.75, 3.05) is 36.4 Å². The molecule has 0 aliphatic carbocycles. The topological polar surface area (TPSA) is 100 Å². The van der Waals surface area contributed by atoms with Crippen molar-refractivity contribution >= 4 is 46.1 Å². The zero-order chi connectivity index (χ0) is 22.8. The fraction of sp³-hybridized carbons (Fsp3) is 0.208. The summed E-state index contributed by atoms with van der Waals surface area (Å²) in [6.07, 6.45) is 1.77. The number of imidazole rings is 1. The third kappa shape index (κ3) is 4.76. The molecule has 5 rings (SSSR count). The molecule has 2 aromatic heterocycles. The minimum atomic E-state index is -1.22. The van der Waals surface area contributed by atoms with Crippen LogP contribution >= 0.6 is 11.6 Å². The van der Waals surface area contributed by atoms with Crippen LogP contribution in [0.15, 0.2) is 60.8 Å². The van der Waals surface area contributed by atoms with Gasteiger partial charge in [-0.1, -0.05) is 29.8 Å². The molecule has 0 atom stereocenters.